The van der Waals surface area contributed by atoms with Crippen LogP contribution in [0.4, 0.5) is 0 Å². The van der Waals surface area contributed by atoms with Gasteiger partial charge in [0.2, 0.25) is 0 Å². The molecule has 1 aromatic rings. The summed E-state index contributed by atoms with van der Waals surface area (Å²) < 4.78 is 5.26. The molecule has 2 N–H and O–H groups in total. The maximum Gasteiger partial charge on any atom is 0.339 e. The molecule has 0 atom stereocenters. The van der Waals surface area contributed by atoms with Crippen molar-refractivity contribution in [3.05, 3.63) is 23.7 Å². The fraction of sp³-hybridized carbons (Fsp3) is 0.615. The van der Waals surface area contributed by atoms with Crippen LogP contribution in [-0.4, -0.2) is 40.3 Å². The van der Waals surface area contributed by atoms with E-state index >= 15 is 0 Å². The standard InChI is InChI=1S/C13H19NO4/c15-7-6-14(10-3-1-2-4-10)9-12-11(13(16)17)5-8-18-12/h5,8,10,15H,1-4,6-7,9H2,(H,16,17). The molecule has 0 aliphatic heterocycles. The zero-order valence-corrected chi connectivity index (χ0v) is 10.3. The monoisotopic (exact) mass is 253 g/mol. The molecule has 0 amide bonds. The Morgan fingerprint density at radius 1 is 1.44 bits per heavy atom. The molecule has 1 saturated carbocycles. The third-order valence-corrected chi connectivity index (χ3v) is 3.55. The van der Waals surface area contributed by atoms with E-state index in [1.807, 2.05) is 0 Å². The van der Waals surface area contributed by atoms with Crippen molar-refractivity contribution in [2.75, 3.05) is 13.2 Å². The van der Waals surface area contributed by atoms with Crippen molar-refractivity contribution >= 4 is 5.97 Å². The van der Waals surface area contributed by atoms with Crippen molar-refractivity contribution in [1.82, 2.24) is 4.90 Å². The summed E-state index contributed by atoms with van der Waals surface area (Å²) in [7, 11) is 0. The molecule has 0 spiro atoms. The van der Waals surface area contributed by atoms with Crippen LogP contribution in [0.3, 0.4) is 0 Å². The SMILES string of the molecule is O=C(O)c1ccoc1CN(CCO)C1CCCC1. The number of hydrogen-bond donors (Lipinski definition) is 2. The van der Waals surface area contributed by atoms with Crippen LogP contribution in [0.5, 0.6) is 0 Å². The zero-order valence-electron chi connectivity index (χ0n) is 10.3. The highest BCUT2D eigenvalue weighted by Gasteiger charge is 2.25. The van der Waals surface area contributed by atoms with E-state index in [0.29, 0.717) is 24.9 Å². The second-order valence-electron chi connectivity index (χ2n) is 4.69. The highest BCUT2D eigenvalue weighted by Crippen LogP contribution is 2.25. The molecule has 0 bridgehead atoms. The highest BCUT2D eigenvalue weighted by atomic mass is 16.4. The van der Waals surface area contributed by atoms with Gasteiger partial charge in [0.25, 0.3) is 0 Å². The summed E-state index contributed by atoms with van der Waals surface area (Å²) in [6.45, 7) is 1.10. The molecule has 0 saturated heterocycles. The Bertz CT molecular complexity index is 395. The summed E-state index contributed by atoms with van der Waals surface area (Å²) in [6.07, 6.45) is 6.05. The van der Waals surface area contributed by atoms with E-state index in [-0.39, 0.29) is 12.2 Å². The first-order valence-electron chi connectivity index (χ1n) is 6.37. The number of rotatable bonds is 6. The number of carboxylic acids is 1. The number of nitrogens with zero attached hydrogens (tertiary/aromatic N) is 1. The van der Waals surface area contributed by atoms with Crippen LogP contribution in [-0.2, 0) is 6.54 Å². The van der Waals surface area contributed by atoms with Gasteiger partial charge in [-0.25, -0.2) is 4.79 Å². The van der Waals surface area contributed by atoms with Crippen LogP contribution in [0.15, 0.2) is 16.7 Å². The van der Waals surface area contributed by atoms with Gasteiger partial charge in [0.05, 0.1) is 19.4 Å². The van der Waals surface area contributed by atoms with Crippen LogP contribution in [0.25, 0.3) is 0 Å². The van der Waals surface area contributed by atoms with E-state index in [1.165, 1.54) is 25.2 Å². The summed E-state index contributed by atoms with van der Waals surface area (Å²) in [5.74, 6) is -0.489. The van der Waals surface area contributed by atoms with Gasteiger partial charge in [0, 0.05) is 12.6 Å². The molecule has 1 aliphatic carbocycles. The molecule has 0 aromatic carbocycles. The van der Waals surface area contributed by atoms with Crippen molar-refractivity contribution < 1.29 is 19.4 Å². The van der Waals surface area contributed by atoms with Gasteiger partial charge in [-0.2, -0.15) is 0 Å². The number of carbonyl (C=O) groups is 1. The molecular formula is C13H19NO4. The number of hydrogen-bond acceptors (Lipinski definition) is 4. The molecule has 18 heavy (non-hydrogen) atoms. The number of aliphatic hydroxyl groups is 1. The first-order chi connectivity index (χ1) is 8.72. The topological polar surface area (TPSA) is 73.9 Å². The number of carboxylic acid groups (broad SMARTS) is 1. The number of aromatic carboxylic acids is 1. The van der Waals surface area contributed by atoms with E-state index in [4.69, 9.17) is 14.6 Å². The van der Waals surface area contributed by atoms with Crippen molar-refractivity contribution in [3.63, 3.8) is 0 Å². The molecule has 1 aliphatic rings. The fourth-order valence-corrected chi connectivity index (χ4v) is 2.63. The van der Waals surface area contributed by atoms with Gasteiger partial charge < -0.3 is 14.6 Å². The van der Waals surface area contributed by atoms with Gasteiger partial charge in [-0.3, -0.25) is 4.90 Å². The van der Waals surface area contributed by atoms with E-state index in [2.05, 4.69) is 4.90 Å². The van der Waals surface area contributed by atoms with Crippen molar-refractivity contribution in [2.45, 2.75) is 38.3 Å². The normalized spacial score (nSPS) is 16.6. The quantitative estimate of drug-likeness (QED) is 0.807. The van der Waals surface area contributed by atoms with Crippen LogP contribution in [0.2, 0.25) is 0 Å². The van der Waals surface area contributed by atoms with Crippen molar-refractivity contribution in [3.8, 4) is 0 Å². The summed E-state index contributed by atoms with van der Waals surface area (Å²) in [5.41, 5.74) is 0.218. The van der Waals surface area contributed by atoms with E-state index < -0.39 is 5.97 Å². The Labute approximate surface area is 106 Å². The lowest BCUT2D eigenvalue weighted by Crippen LogP contribution is -2.35. The van der Waals surface area contributed by atoms with Gasteiger partial charge in [-0.1, -0.05) is 12.8 Å². The van der Waals surface area contributed by atoms with E-state index in [0.717, 1.165) is 12.8 Å². The lowest BCUT2D eigenvalue weighted by atomic mass is 10.1. The minimum atomic E-state index is -0.964. The first-order valence-corrected chi connectivity index (χ1v) is 6.37. The summed E-state index contributed by atoms with van der Waals surface area (Å²) in [6, 6.07) is 1.91. The van der Waals surface area contributed by atoms with Crippen LogP contribution >= 0.6 is 0 Å². The Balaban J connectivity index is 2.07. The van der Waals surface area contributed by atoms with E-state index in [9.17, 15) is 4.79 Å². The fourth-order valence-electron chi connectivity index (χ4n) is 2.63. The summed E-state index contributed by atoms with van der Waals surface area (Å²) in [4.78, 5) is 13.1. The third kappa shape index (κ3) is 2.91. The summed E-state index contributed by atoms with van der Waals surface area (Å²) >= 11 is 0. The number of furan rings is 1. The smallest absolute Gasteiger partial charge is 0.339 e. The van der Waals surface area contributed by atoms with E-state index in [1.54, 1.807) is 0 Å². The highest BCUT2D eigenvalue weighted by molar-refractivity contribution is 5.88. The Kier molecular flexibility index (Phi) is 4.38. The number of aliphatic hydroxyl groups excluding tert-OH is 1. The predicted molar refractivity (Wildman–Crippen MR) is 65.4 cm³/mol. The Morgan fingerprint density at radius 2 is 2.17 bits per heavy atom. The Hall–Kier alpha value is -1.33. The molecule has 1 aromatic heterocycles. The molecule has 2 rings (SSSR count). The molecule has 5 nitrogen and oxygen atoms in total. The van der Waals surface area contributed by atoms with Gasteiger partial charge >= 0.3 is 5.97 Å². The van der Waals surface area contributed by atoms with Crippen LogP contribution < -0.4 is 0 Å². The third-order valence-electron chi connectivity index (χ3n) is 3.55. The van der Waals surface area contributed by atoms with Gasteiger partial charge in [0.15, 0.2) is 0 Å². The lowest BCUT2D eigenvalue weighted by Gasteiger charge is -2.27. The maximum absolute atomic E-state index is 11.0. The van der Waals surface area contributed by atoms with Gasteiger partial charge in [-0.15, -0.1) is 0 Å². The molecule has 1 fully saturated rings. The largest absolute Gasteiger partial charge is 0.478 e. The lowest BCUT2D eigenvalue weighted by molar-refractivity contribution is 0.0690. The second-order valence-corrected chi connectivity index (χ2v) is 4.69. The van der Waals surface area contributed by atoms with Gasteiger partial charge in [-0.05, 0) is 18.9 Å². The molecule has 0 radical (unpaired) electrons. The second kappa shape index (κ2) is 6.02. The van der Waals surface area contributed by atoms with Crippen molar-refractivity contribution in [1.29, 1.82) is 0 Å². The zero-order chi connectivity index (χ0) is 13.0. The average molecular weight is 253 g/mol. The Morgan fingerprint density at radius 3 is 2.78 bits per heavy atom. The van der Waals surface area contributed by atoms with Crippen LogP contribution in [0, 0.1) is 0 Å². The van der Waals surface area contributed by atoms with Crippen LogP contribution in [0.1, 0.15) is 41.8 Å². The van der Waals surface area contributed by atoms with Crippen molar-refractivity contribution in [2.24, 2.45) is 0 Å². The average Bonchev–Trinajstić information content (AvgIpc) is 2.99. The predicted octanol–water partition coefficient (Wildman–Crippen LogP) is 1.71. The molecule has 0 unspecified atom stereocenters. The summed E-state index contributed by atoms with van der Waals surface area (Å²) in [5, 5.41) is 18.2. The van der Waals surface area contributed by atoms with Gasteiger partial charge in [0.1, 0.15) is 11.3 Å². The minimum absolute atomic E-state index is 0.0829. The molecule has 1 heterocycles. The maximum atomic E-state index is 11.0. The first kappa shape index (κ1) is 13.1. The molecular weight excluding hydrogens is 234 g/mol. The molecule has 100 valence electrons. The minimum Gasteiger partial charge on any atom is -0.478 e. The molecule has 5 heteroatoms.